The van der Waals surface area contributed by atoms with Crippen molar-refractivity contribution in [2.24, 2.45) is 0 Å². The highest BCUT2D eigenvalue weighted by Gasteiger charge is 2.07. The fraction of sp³-hybridized carbons (Fsp3) is 0.111. The zero-order valence-electron chi connectivity index (χ0n) is 12.2. The molecule has 1 amide bonds. The quantitative estimate of drug-likeness (QED) is 0.790. The molecule has 0 saturated heterocycles. The van der Waals surface area contributed by atoms with Crippen LogP contribution in [0.15, 0.2) is 60.0 Å². The number of thiazole rings is 1. The summed E-state index contributed by atoms with van der Waals surface area (Å²) in [5.74, 6) is -0.0764. The van der Waals surface area contributed by atoms with E-state index in [-0.39, 0.29) is 5.91 Å². The first kappa shape index (κ1) is 14.5. The molecule has 0 fully saturated rings. The number of benzene rings is 2. The molecule has 1 N–H and O–H groups in total. The highest BCUT2D eigenvalue weighted by Crippen LogP contribution is 2.19. The lowest BCUT2D eigenvalue weighted by molar-refractivity contribution is 0.0951. The number of amides is 1. The molecule has 1 aromatic heterocycles. The molecule has 22 heavy (non-hydrogen) atoms. The van der Waals surface area contributed by atoms with Gasteiger partial charge in [-0.15, -0.1) is 11.3 Å². The Morgan fingerprint density at radius 2 is 1.73 bits per heavy atom. The Hall–Kier alpha value is -2.46. The molecular weight excluding hydrogens is 292 g/mol. The van der Waals surface area contributed by atoms with Crippen molar-refractivity contribution >= 4 is 17.2 Å². The minimum atomic E-state index is -0.0764. The molecule has 0 aliphatic carbocycles. The zero-order chi connectivity index (χ0) is 15.4. The molecule has 0 aliphatic heterocycles. The largest absolute Gasteiger partial charge is 0.346 e. The standard InChI is InChI=1S/C18H16N2OS/c1-13-12-22-17(20-13)11-19-18(21)16-9-7-15(8-10-16)14-5-3-2-4-6-14/h2-10,12H,11H2,1H3,(H,19,21). The Bertz CT molecular complexity index is 763. The molecule has 110 valence electrons. The van der Waals surface area contributed by atoms with Crippen molar-refractivity contribution in [3.05, 3.63) is 76.2 Å². The SMILES string of the molecule is Cc1csc(CNC(=O)c2ccc(-c3ccccc3)cc2)n1. The molecular formula is C18H16N2OS. The van der Waals surface area contributed by atoms with Gasteiger partial charge in [-0.3, -0.25) is 4.79 Å². The third-order valence-corrected chi connectivity index (χ3v) is 4.29. The maximum absolute atomic E-state index is 12.1. The number of nitrogens with one attached hydrogen (secondary N) is 1. The number of nitrogens with zero attached hydrogens (tertiary/aromatic N) is 1. The third kappa shape index (κ3) is 3.40. The minimum Gasteiger partial charge on any atom is -0.346 e. The first-order valence-electron chi connectivity index (χ1n) is 7.07. The van der Waals surface area contributed by atoms with Crippen LogP contribution in [0.3, 0.4) is 0 Å². The van der Waals surface area contributed by atoms with Crippen molar-refractivity contribution in [2.75, 3.05) is 0 Å². The lowest BCUT2D eigenvalue weighted by atomic mass is 10.0. The van der Waals surface area contributed by atoms with Gasteiger partial charge in [-0.05, 0) is 30.2 Å². The Morgan fingerprint density at radius 1 is 1.05 bits per heavy atom. The number of carbonyl (C=O) groups is 1. The van der Waals surface area contributed by atoms with Crippen LogP contribution < -0.4 is 5.32 Å². The fourth-order valence-electron chi connectivity index (χ4n) is 2.19. The lowest BCUT2D eigenvalue weighted by Gasteiger charge is -2.05. The van der Waals surface area contributed by atoms with Gasteiger partial charge >= 0.3 is 0 Å². The summed E-state index contributed by atoms with van der Waals surface area (Å²) in [5.41, 5.74) is 3.90. The summed E-state index contributed by atoms with van der Waals surface area (Å²) >= 11 is 1.56. The van der Waals surface area contributed by atoms with Gasteiger partial charge < -0.3 is 5.32 Å². The predicted octanol–water partition coefficient (Wildman–Crippen LogP) is 4.05. The second-order valence-corrected chi connectivity index (χ2v) is 5.95. The van der Waals surface area contributed by atoms with E-state index in [4.69, 9.17) is 0 Å². The van der Waals surface area contributed by atoms with Crippen molar-refractivity contribution < 1.29 is 4.79 Å². The van der Waals surface area contributed by atoms with Gasteiger partial charge in [0, 0.05) is 16.6 Å². The third-order valence-electron chi connectivity index (χ3n) is 3.32. The van der Waals surface area contributed by atoms with Crippen LogP contribution in [0.5, 0.6) is 0 Å². The predicted molar refractivity (Wildman–Crippen MR) is 89.9 cm³/mol. The van der Waals surface area contributed by atoms with Gasteiger partial charge in [-0.2, -0.15) is 0 Å². The first-order chi connectivity index (χ1) is 10.7. The number of carbonyl (C=O) groups excluding carboxylic acids is 1. The van der Waals surface area contributed by atoms with Crippen LogP contribution in [0.1, 0.15) is 21.1 Å². The van der Waals surface area contributed by atoms with E-state index < -0.39 is 0 Å². The highest BCUT2D eigenvalue weighted by molar-refractivity contribution is 7.09. The molecule has 0 saturated carbocycles. The van der Waals surface area contributed by atoms with E-state index in [0.717, 1.165) is 21.8 Å². The highest BCUT2D eigenvalue weighted by atomic mass is 32.1. The van der Waals surface area contributed by atoms with Gasteiger partial charge in [0.05, 0.1) is 6.54 Å². The van der Waals surface area contributed by atoms with Gasteiger partial charge in [0.25, 0.3) is 5.91 Å². The molecule has 3 rings (SSSR count). The van der Waals surface area contributed by atoms with Crippen LogP contribution in [-0.2, 0) is 6.54 Å². The normalized spacial score (nSPS) is 10.4. The summed E-state index contributed by atoms with van der Waals surface area (Å²) < 4.78 is 0. The van der Waals surface area contributed by atoms with Crippen LogP contribution in [0, 0.1) is 6.92 Å². The van der Waals surface area contributed by atoms with Gasteiger partial charge in [-0.25, -0.2) is 4.98 Å². The fourth-order valence-corrected chi connectivity index (χ4v) is 2.90. The molecule has 0 bridgehead atoms. The first-order valence-corrected chi connectivity index (χ1v) is 7.95. The molecule has 0 unspecified atom stereocenters. The number of rotatable bonds is 4. The van der Waals surface area contributed by atoms with E-state index in [2.05, 4.69) is 22.4 Å². The molecule has 4 heteroatoms. The van der Waals surface area contributed by atoms with E-state index >= 15 is 0 Å². The zero-order valence-corrected chi connectivity index (χ0v) is 13.1. The van der Waals surface area contributed by atoms with E-state index in [0.29, 0.717) is 12.1 Å². The molecule has 2 aromatic carbocycles. The van der Waals surface area contributed by atoms with Crippen LogP contribution in [-0.4, -0.2) is 10.9 Å². The van der Waals surface area contributed by atoms with Crippen molar-refractivity contribution in [1.29, 1.82) is 0 Å². The molecule has 0 spiro atoms. The summed E-state index contributed by atoms with van der Waals surface area (Å²) in [5, 5.41) is 5.80. The Kier molecular flexibility index (Phi) is 4.30. The monoisotopic (exact) mass is 308 g/mol. The smallest absolute Gasteiger partial charge is 0.251 e. The second kappa shape index (κ2) is 6.54. The van der Waals surface area contributed by atoms with E-state index in [1.807, 2.05) is 54.8 Å². The van der Waals surface area contributed by atoms with Crippen LogP contribution in [0.25, 0.3) is 11.1 Å². The molecule has 1 heterocycles. The Morgan fingerprint density at radius 3 is 2.36 bits per heavy atom. The second-order valence-electron chi connectivity index (χ2n) is 5.01. The summed E-state index contributed by atoms with van der Waals surface area (Å²) in [6, 6.07) is 17.8. The van der Waals surface area contributed by atoms with Crippen molar-refractivity contribution in [3.8, 4) is 11.1 Å². The molecule has 0 aliphatic rings. The van der Waals surface area contributed by atoms with Crippen molar-refractivity contribution in [2.45, 2.75) is 13.5 Å². The lowest BCUT2D eigenvalue weighted by Crippen LogP contribution is -2.22. The molecule has 0 atom stereocenters. The summed E-state index contributed by atoms with van der Waals surface area (Å²) in [4.78, 5) is 16.5. The molecule has 0 radical (unpaired) electrons. The maximum Gasteiger partial charge on any atom is 0.251 e. The van der Waals surface area contributed by atoms with Crippen LogP contribution in [0.2, 0.25) is 0 Å². The number of aromatic nitrogens is 1. The van der Waals surface area contributed by atoms with Gasteiger partial charge in [0.15, 0.2) is 0 Å². The summed E-state index contributed by atoms with van der Waals surface area (Å²) in [7, 11) is 0. The van der Waals surface area contributed by atoms with Gasteiger partial charge in [0.1, 0.15) is 5.01 Å². The van der Waals surface area contributed by atoms with Gasteiger partial charge in [-0.1, -0.05) is 42.5 Å². The van der Waals surface area contributed by atoms with Gasteiger partial charge in [0.2, 0.25) is 0 Å². The van der Waals surface area contributed by atoms with E-state index in [1.165, 1.54) is 0 Å². The average Bonchev–Trinajstić information content (AvgIpc) is 2.99. The Balaban J connectivity index is 1.66. The van der Waals surface area contributed by atoms with Crippen LogP contribution in [0.4, 0.5) is 0 Å². The van der Waals surface area contributed by atoms with Crippen LogP contribution >= 0.6 is 11.3 Å². The Labute approximate surface area is 133 Å². The average molecular weight is 308 g/mol. The minimum absolute atomic E-state index is 0.0764. The van der Waals surface area contributed by atoms with Crippen molar-refractivity contribution in [1.82, 2.24) is 10.3 Å². The molecule has 3 nitrogen and oxygen atoms in total. The maximum atomic E-state index is 12.1. The number of hydrogen-bond acceptors (Lipinski definition) is 3. The topological polar surface area (TPSA) is 42.0 Å². The number of hydrogen-bond donors (Lipinski definition) is 1. The summed E-state index contributed by atoms with van der Waals surface area (Å²) in [6.45, 7) is 2.42. The van der Waals surface area contributed by atoms with E-state index in [1.54, 1.807) is 11.3 Å². The number of aryl methyl sites for hydroxylation is 1. The van der Waals surface area contributed by atoms with Crippen molar-refractivity contribution in [3.63, 3.8) is 0 Å². The van der Waals surface area contributed by atoms with E-state index in [9.17, 15) is 4.79 Å². The summed E-state index contributed by atoms with van der Waals surface area (Å²) in [6.07, 6.45) is 0. The molecule has 3 aromatic rings.